The highest BCUT2D eigenvalue weighted by Crippen LogP contribution is 2.37. The second kappa shape index (κ2) is 11.6. The first-order valence-electron chi connectivity index (χ1n) is 13.1. The van der Waals surface area contributed by atoms with E-state index in [0.29, 0.717) is 23.3 Å². The summed E-state index contributed by atoms with van der Waals surface area (Å²) < 4.78 is 18.8. The lowest BCUT2D eigenvalue weighted by Gasteiger charge is -2.26. The molecule has 1 aliphatic heterocycles. The van der Waals surface area contributed by atoms with E-state index in [1.54, 1.807) is 22.8 Å². The van der Waals surface area contributed by atoms with E-state index in [4.69, 9.17) is 13.9 Å². The molecule has 1 fully saturated rings. The number of fused-ring (bicyclic) bond motifs is 3. The van der Waals surface area contributed by atoms with Crippen molar-refractivity contribution < 1.29 is 19.0 Å². The predicted octanol–water partition coefficient (Wildman–Crippen LogP) is 4.72. The monoisotopic (exact) mass is 556 g/mol. The minimum atomic E-state index is -0.703. The maximum atomic E-state index is 14.0. The van der Waals surface area contributed by atoms with Crippen LogP contribution in [0, 0.1) is 0 Å². The normalized spacial score (nSPS) is 14.1. The van der Waals surface area contributed by atoms with Crippen LogP contribution in [-0.2, 0) is 11.3 Å². The number of aromatic nitrogens is 1. The standard InChI is InChI=1S/C31H28N2O6S/c34-27-26-28(39-31(36)29(27)40-23-9-5-2-6-10-23)24-12-11-22(38-18-15-32-13-16-37-17-14-32)19-25(24)33(30(26)35)20-21-7-3-1-4-8-21/h1-12,19,34H,13-18,20H2. The van der Waals surface area contributed by atoms with Gasteiger partial charge in [0.1, 0.15) is 22.6 Å². The fourth-order valence-electron chi connectivity index (χ4n) is 4.89. The van der Waals surface area contributed by atoms with Crippen LogP contribution < -0.4 is 15.9 Å². The summed E-state index contributed by atoms with van der Waals surface area (Å²) in [5, 5.41) is 11.8. The van der Waals surface area contributed by atoms with Crippen LogP contribution in [0.25, 0.3) is 21.9 Å². The van der Waals surface area contributed by atoms with Crippen molar-refractivity contribution in [2.75, 3.05) is 39.5 Å². The predicted molar refractivity (Wildman–Crippen MR) is 155 cm³/mol. The van der Waals surface area contributed by atoms with E-state index in [2.05, 4.69) is 4.90 Å². The lowest BCUT2D eigenvalue weighted by molar-refractivity contribution is 0.0322. The van der Waals surface area contributed by atoms with Gasteiger partial charge in [-0.05, 0) is 29.8 Å². The summed E-state index contributed by atoms with van der Waals surface area (Å²) in [6.45, 7) is 4.70. The molecular weight excluding hydrogens is 528 g/mol. The number of morpholine rings is 1. The second-order valence-corrected chi connectivity index (χ2v) is 10.6. The van der Waals surface area contributed by atoms with Crippen molar-refractivity contribution >= 4 is 33.6 Å². The minimum absolute atomic E-state index is 0.0236. The van der Waals surface area contributed by atoms with Gasteiger partial charge >= 0.3 is 5.63 Å². The van der Waals surface area contributed by atoms with Gasteiger partial charge in [-0.25, -0.2) is 4.79 Å². The van der Waals surface area contributed by atoms with Crippen molar-refractivity contribution in [2.45, 2.75) is 16.3 Å². The number of benzene rings is 3. The Morgan fingerprint density at radius 2 is 1.65 bits per heavy atom. The Kier molecular flexibility index (Phi) is 7.59. The fourth-order valence-corrected chi connectivity index (χ4v) is 5.75. The number of rotatable bonds is 8. The first-order chi connectivity index (χ1) is 19.6. The summed E-state index contributed by atoms with van der Waals surface area (Å²) in [6.07, 6.45) is 0. The van der Waals surface area contributed by atoms with Gasteiger partial charge < -0.3 is 23.6 Å². The zero-order valence-electron chi connectivity index (χ0n) is 21.7. The molecule has 9 heteroatoms. The van der Waals surface area contributed by atoms with Crippen LogP contribution >= 0.6 is 11.8 Å². The third-order valence-corrected chi connectivity index (χ3v) is 8.02. The van der Waals surface area contributed by atoms with Gasteiger partial charge in [-0.15, -0.1) is 0 Å². The second-order valence-electron chi connectivity index (χ2n) is 9.54. The van der Waals surface area contributed by atoms with Crippen molar-refractivity contribution in [3.05, 3.63) is 105 Å². The maximum absolute atomic E-state index is 14.0. The van der Waals surface area contributed by atoms with Crippen molar-refractivity contribution in [3.63, 3.8) is 0 Å². The lowest BCUT2D eigenvalue weighted by Crippen LogP contribution is -2.38. The molecular formula is C31H28N2O6S. The van der Waals surface area contributed by atoms with Gasteiger partial charge in [0.25, 0.3) is 5.56 Å². The van der Waals surface area contributed by atoms with Crippen LogP contribution in [-0.4, -0.2) is 54.0 Å². The van der Waals surface area contributed by atoms with Crippen molar-refractivity contribution in [2.24, 2.45) is 0 Å². The highest BCUT2D eigenvalue weighted by Gasteiger charge is 2.23. The van der Waals surface area contributed by atoms with Gasteiger partial charge in [0.15, 0.2) is 11.3 Å². The average Bonchev–Trinajstić information content (AvgIpc) is 2.99. The zero-order chi connectivity index (χ0) is 27.5. The molecule has 0 atom stereocenters. The molecule has 1 saturated heterocycles. The number of ether oxygens (including phenoxy) is 2. The van der Waals surface area contributed by atoms with Crippen LogP contribution in [0.4, 0.5) is 0 Å². The first kappa shape index (κ1) is 26.2. The summed E-state index contributed by atoms with van der Waals surface area (Å²) in [5.74, 6) is 0.226. The zero-order valence-corrected chi connectivity index (χ0v) is 22.6. The molecule has 0 unspecified atom stereocenters. The molecule has 0 aliphatic carbocycles. The Labute approximate surface area is 234 Å². The number of pyridine rings is 1. The van der Waals surface area contributed by atoms with Gasteiger partial charge in [0.2, 0.25) is 0 Å². The largest absolute Gasteiger partial charge is 0.505 e. The molecule has 204 valence electrons. The summed E-state index contributed by atoms with van der Waals surface area (Å²) in [6, 6.07) is 24.2. The molecule has 2 aromatic heterocycles. The number of nitrogens with zero attached hydrogens (tertiary/aromatic N) is 2. The smallest absolute Gasteiger partial charge is 0.354 e. The van der Waals surface area contributed by atoms with Crippen LogP contribution in [0.1, 0.15) is 5.56 Å². The fraction of sp³-hybridized carbons (Fsp3) is 0.226. The molecule has 0 bridgehead atoms. The van der Waals surface area contributed by atoms with Crippen LogP contribution in [0.15, 0.2) is 103 Å². The number of hydrogen-bond donors (Lipinski definition) is 1. The molecule has 0 radical (unpaired) electrons. The molecule has 0 spiro atoms. The molecule has 0 amide bonds. The highest BCUT2D eigenvalue weighted by atomic mass is 32.2. The molecule has 8 nitrogen and oxygen atoms in total. The highest BCUT2D eigenvalue weighted by molar-refractivity contribution is 7.99. The van der Waals surface area contributed by atoms with Gasteiger partial charge in [-0.1, -0.05) is 60.3 Å². The minimum Gasteiger partial charge on any atom is -0.505 e. The summed E-state index contributed by atoms with van der Waals surface area (Å²) in [4.78, 5) is 30.0. The van der Waals surface area contributed by atoms with E-state index in [1.807, 2.05) is 60.7 Å². The van der Waals surface area contributed by atoms with Gasteiger partial charge in [-0.2, -0.15) is 0 Å². The molecule has 1 aliphatic rings. The lowest BCUT2D eigenvalue weighted by atomic mass is 10.1. The van der Waals surface area contributed by atoms with E-state index in [-0.39, 0.29) is 28.2 Å². The molecule has 3 heterocycles. The molecule has 40 heavy (non-hydrogen) atoms. The number of hydrogen-bond acceptors (Lipinski definition) is 8. The molecule has 3 aromatic carbocycles. The summed E-state index contributed by atoms with van der Waals surface area (Å²) >= 11 is 1.07. The van der Waals surface area contributed by atoms with Crippen LogP contribution in [0.5, 0.6) is 11.5 Å². The molecule has 5 aromatic rings. The Morgan fingerprint density at radius 3 is 2.40 bits per heavy atom. The van der Waals surface area contributed by atoms with E-state index in [9.17, 15) is 14.7 Å². The SMILES string of the molecule is O=c1oc2c(c(O)c1Sc1ccccc1)c(=O)n(Cc1ccccc1)c1cc(OCCN3CCOCC3)ccc21. The van der Waals surface area contributed by atoms with Crippen LogP contribution in [0.2, 0.25) is 0 Å². The molecule has 6 rings (SSSR count). The topological polar surface area (TPSA) is 94.1 Å². The van der Waals surface area contributed by atoms with E-state index < -0.39 is 11.2 Å². The first-order valence-corrected chi connectivity index (χ1v) is 14.0. The van der Waals surface area contributed by atoms with Gasteiger partial charge in [0.05, 0.1) is 25.3 Å². The van der Waals surface area contributed by atoms with E-state index in [0.717, 1.165) is 55.1 Å². The number of aromatic hydroxyl groups is 1. The molecule has 1 N–H and O–H groups in total. The Hall–Kier alpha value is -4.05. The Balaban J connectivity index is 1.45. The molecule has 0 saturated carbocycles. The van der Waals surface area contributed by atoms with Crippen molar-refractivity contribution in [3.8, 4) is 11.5 Å². The quantitative estimate of drug-likeness (QED) is 0.275. The average molecular weight is 557 g/mol. The van der Waals surface area contributed by atoms with E-state index in [1.165, 1.54) is 0 Å². The van der Waals surface area contributed by atoms with E-state index >= 15 is 0 Å². The van der Waals surface area contributed by atoms with Gasteiger partial charge in [-0.3, -0.25) is 9.69 Å². The van der Waals surface area contributed by atoms with Gasteiger partial charge in [0, 0.05) is 36.0 Å². The Morgan fingerprint density at radius 1 is 0.925 bits per heavy atom. The maximum Gasteiger partial charge on any atom is 0.354 e. The Bertz CT molecular complexity index is 1760. The van der Waals surface area contributed by atoms with Crippen LogP contribution in [0.3, 0.4) is 0 Å². The third-order valence-electron chi connectivity index (χ3n) is 6.95. The third kappa shape index (κ3) is 5.36. The van der Waals surface area contributed by atoms with Crippen molar-refractivity contribution in [1.29, 1.82) is 0 Å². The van der Waals surface area contributed by atoms with Crippen molar-refractivity contribution in [1.82, 2.24) is 9.47 Å². The summed E-state index contributed by atoms with van der Waals surface area (Å²) in [7, 11) is 0. The summed E-state index contributed by atoms with van der Waals surface area (Å²) in [5.41, 5.74) is 0.374.